The molecule has 0 amide bonds. The Kier molecular flexibility index (Phi) is 8.50. The minimum atomic E-state index is -3.27. The van der Waals surface area contributed by atoms with Gasteiger partial charge in [-0.2, -0.15) is 0 Å². The molecular weight excluding hydrogens is 254 g/mol. The maximum atomic E-state index is 14.6. The molecule has 0 spiro atoms. The van der Waals surface area contributed by atoms with Gasteiger partial charge in [-0.05, 0) is 24.2 Å². The molecule has 0 fully saturated rings. The third kappa shape index (κ3) is 6.67. The van der Waals surface area contributed by atoms with E-state index in [0.717, 1.165) is 25.7 Å². The van der Waals surface area contributed by atoms with Crippen LogP contribution in [0.4, 0.5) is 8.22 Å². The van der Waals surface area contributed by atoms with Gasteiger partial charge in [0.2, 0.25) is 0 Å². The zero-order chi connectivity index (χ0) is 13.4. The zero-order valence-corrected chi connectivity index (χ0v) is 13.8. The topological polar surface area (TPSA) is 9.23 Å². The molecule has 0 aliphatic carbocycles. The van der Waals surface area contributed by atoms with Crippen molar-refractivity contribution < 1.29 is 12.3 Å². The van der Waals surface area contributed by atoms with Crippen molar-refractivity contribution in [3.8, 4) is 0 Å². The average molecular weight is 283 g/mol. The van der Waals surface area contributed by atoms with Crippen molar-refractivity contribution in [3.05, 3.63) is 0 Å². The lowest BCUT2D eigenvalue weighted by Gasteiger charge is -2.31. The van der Waals surface area contributed by atoms with Crippen LogP contribution in [-0.2, 0) is 4.12 Å². The normalized spacial score (nSPS) is 13.1. The Morgan fingerprint density at radius 1 is 0.647 bits per heavy atom. The van der Waals surface area contributed by atoms with Crippen molar-refractivity contribution in [1.29, 1.82) is 0 Å². The Balaban J connectivity index is 4.65. The molecule has 0 unspecified atom stereocenters. The highest BCUT2D eigenvalue weighted by Gasteiger charge is 2.46. The third-order valence-corrected chi connectivity index (χ3v) is 10.8. The smallest absolute Gasteiger partial charge is 0.375 e. The highest BCUT2D eigenvalue weighted by Crippen LogP contribution is 2.32. The van der Waals surface area contributed by atoms with E-state index in [1.165, 1.54) is 0 Å². The Morgan fingerprint density at radius 2 is 0.882 bits per heavy atom. The summed E-state index contributed by atoms with van der Waals surface area (Å²) in [5.74, 6) is 0. The summed E-state index contributed by atoms with van der Waals surface area (Å²) >= 11 is 0. The lowest BCUT2D eigenvalue weighted by atomic mass is 10.6. The van der Waals surface area contributed by atoms with Crippen LogP contribution in [0.25, 0.3) is 0 Å². The van der Waals surface area contributed by atoms with Gasteiger partial charge in [0.15, 0.2) is 0 Å². The Hall–Kier alpha value is 0.254. The van der Waals surface area contributed by atoms with Crippen LogP contribution in [0.5, 0.6) is 0 Å². The average Bonchev–Trinajstić information content (AvgIpc) is 2.17. The van der Waals surface area contributed by atoms with Crippen LogP contribution >= 0.6 is 0 Å². The highest BCUT2D eigenvalue weighted by molar-refractivity contribution is 6.80. The van der Waals surface area contributed by atoms with Crippen molar-refractivity contribution in [2.45, 2.75) is 77.6 Å². The summed E-state index contributed by atoms with van der Waals surface area (Å²) in [5.41, 5.74) is 0. The van der Waals surface area contributed by atoms with E-state index in [9.17, 15) is 8.22 Å². The van der Waals surface area contributed by atoms with E-state index in [2.05, 4.69) is 0 Å². The van der Waals surface area contributed by atoms with Crippen molar-refractivity contribution in [2.75, 3.05) is 0 Å². The van der Waals surface area contributed by atoms with Crippen LogP contribution in [0, 0.1) is 0 Å². The molecule has 0 saturated heterocycles. The van der Waals surface area contributed by atoms with Crippen LogP contribution in [0.3, 0.4) is 0 Å². The van der Waals surface area contributed by atoms with Gasteiger partial charge < -0.3 is 4.12 Å². The summed E-state index contributed by atoms with van der Waals surface area (Å²) in [7, 11) is -6.55. The summed E-state index contributed by atoms with van der Waals surface area (Å²) in [5, 5.41) is 0. The van der Waals surface area contributed by atoms with E-state index in [1.54, 1.807) is 0 Å². The molecule has 0 atom stereocenters. The second kappa shape index (κ2) is 8.37. The molecule has 0 aromatic carbocycles. The van der Waals surface area contributed by atoms with Gasteiger partial charge in [0.05, 0.1) is 0 Å². The van der Waals surface area contributed by atoms with Crippen molar-refractivity contribution >= 4 is 17.3 Å². The molecule has 0 aromatic heterocycles. The maximum absolute atomic E-state index is 14.6. The minimum Gasteiger partial charge on any atom is -0.408 e. The molecule has 0 aliphatic rings. The van der Waals surface area contributed by atoms with Gasteiger partial charge in [-0.15, -0.1) is 0 Å². The van der Waals surface area contributed by atoms with E-state index in [1.807, 2.05) is 27.7 Å². The first-order chi connectivity index (χ1) is 7.95. The summed E-state index contributed by atoms with van der Waals surface area (Å²) in [4.78, 5) is 0. The number of halogens is 2. The molecule has 0 aromatic rings. The molecule has 0 N–H and O–H groups in total. The quantitative estimate of drug-likeness (QED) is 0.381. The van der Waals surface area contributed by atoms with Gasteiger partial charge in [0.25, 0.3) is 0 Å². The molecule has 0 heterocycles. The molecule has 17 heavy (non-hydrogen) atoms. The van der Waals surface area contributed by atoms with Gasteiger partial charge in [-0.25, -0.2) is 0 Å². The fourth-order valence-electron chi connectivity index (χ4n) is 2.28. The number of hydrogen-bond acceptors (Lipinski definition) is 1. The summed E-state index contributed by atoms with van der Waals surface area (Å²) in [6.45, 7) is 7.78. The molecule has 5 heteroatoms. The van der Waals surface area contributed by atoms with E-state index in [4.69, 9.17) is 4.12 Å². The molecular formula is C12H28F2OSi2. The molecule has 0 bridgehead atoms. The van der Waals surface area contributed by atoms with Gasteiger partial charge in [-0.3, -0.25) is 8.22 Å². The summed E-state index contributed by atoms with van der Waals surface area (Å²) in [6.07, 6.45) is 3.02. The molecule has 0 saturated carbocycles. The lowest BCUT2D eigenvalue weighted by Crippen LogP contribution is -2.46. The second-order valence-corrected chi connectivity index (χ2v) is 11.2. The third-order valence-electron chi connectivity index (χ3n) is 2.86. The molecule has 104 valence electrons. The number of rotatable bonds is 10. The molecule has 0 aliphatic heterocycles. The number of hydrogen-bond donors (Lipinski definition) is 0. The first-order valence-electron chi connectivity index (χ1n) is 7.03. The second-order valence-electron chi connectivity index (χ2n) is 4.87. The molecule has 0 rings (SSSR count). The van der Waals surface area contributed by atoms with Crippen molar-refractivity contribution in [2.24, 2.45) is 0 Å². The first kappa shape index (κ1) is 17.3. The maximum Gasteiger partial charge on any atom is 0.375 e. The fourth-order valence-corrected chi connectivity index (χ4v) is 10.0. The molecule has 1 nitrogen and oxygen atoms in total. The predicted octanol–water partition coefficient (Wildman–Crippen LogP) is 5.47. The van der Waals surface area contributed by atoms with Crippen molar-refractivity contribution in [1.82, 2.24) is 0 Å². The van der Waals surface area contributed by atoms with Crippen LogP contribution in [0.1, 0.15) is 53.4 Å². The monoisotopic (exact) mass is 282 g/mol. The van der Waals surface area contributed by atoms with E-state index in [0.29, 0.717) is 24.2 Å². The van der Waals surface area contributed by atoms with Gasteiger partial charge in [0.1, 0.15) is 0 Å². The van der Waals surface area contributed by atoms with E-state index in [-0.39, 0.29) is 0 Å². The van der Waals surface area contributed by atoms with Gasteiger partial charge in [-0.1, -0.05) is 53.4 Å². The standard InChI is InChI=1S/C12H28F2OSi2/c1-5-9-16(13,10-6-2)15-17(14,11-7-3)12-8-4/h5-12H2,1-4H3. The first-order valence-corrected chi connectivity index (χ1v) is 11.4. The van der Waals surface area contributed by atoms with Crippen LogP contribution in [-0.4, -0.2) is 17.3 Å². The van der Waals surface area contributed by atoms with E-state index < -0.39 is 17.3 Å². The van der Waals surface area contributed by atoms with Crippen LogP contribution < -0.4 is 0 Å². The fraction of sp³-hybridized carbons (Fsp3) is 1.00. The van der Waals surface area contributed by atoms with Gasteiger partial charge >= 0.3 is 17.3 Å². The highest BCUT2D eigenvalue weighted by atomic mass is 28.5. The Bertz CT molecular complexity index is 171. The molecule has 0 radical (unpaired) electrons. The van der Waals surface area contributed by atoms with E-state index >= 15 is 0 Å². The predicted molar refractivity (Wildman–Crippen MR) is 75.2 cm³/mol. The largest absolute Gasteiger partial charge is 0.408 e. The van der Waals surface area contributed by atoms with Crippen LogP contribution in [0.15, 0.2) is 0 Å². The Morgan fingerprint density at radius 3 is 1.06 bits per heavy atom. The van der Waals surface area contributed by atoms with Gasteiger partial charge in [0, 0.05) is 0 Å². The zero-order valence-electron chi connectivity index (χ0n) is 11.8. The summed E-state index contributed by atoms with van der Waals surface area (Å²) in [6, 6.07) is 1.81. The Labute approximate surface area is 108 Å². The minimum absolute atomic E-state index is 0.451. The summed E-state index contributed by atoms with van der Waals surface area (Å²) < 4.78 is 34.8. The lowest BCUT2D eigenvalue weighted by molar-refractivity contribution is 0.381. The van der Waals surface area contributed by atoms with Crippen LogP contribution in [0.2, 0.25) is 24.2 Å². The SMILES string of the molecule is CCC[Si](F)(CCC)O[Si](F)(CCC)CCC. The van der Waals surface area contributed by atoms with Crippen molar-refractivity contribution in [3.63, 3.8) is 0 Å².